The van der Waals surface area contributed by atoms with E-state index in [9.17, 15) is 5.26 Å². The maximum absolute atomic E-state index is 9.22. The second-order valence-electron chi connectivity index (χ2n) is 5.90. The molecule has 0 amide bonds. The van der Waals surface area contributed by atoms with Gasteiger partial charge in [0.2, 0.25) is 0 Å². The van der Waals surface area contributed by atoms with Gasteiger partial charge in [0, 0.05) is 56.5 Å². The SMILES string of the molecule is Cn1c(C(CC#N)CN2CCOCC2)cnc1-c1ccccc1. The molecular formula is C18H22N4O. The van der Waals surface area contributed by atoms with Gasteiger partial charge in [0.15, 0.2) is 0 Å². The molecule has 0 N–H and O–H groups in total. The van der Waals surface area contributed by atoms with Crippen LogP contribution in [0.5, 0.6) is 0 Å². The van der Waals surface area contributed by atoms with Gasteiger partial charge in [0.1, 0.15) is 5.82 Å². The molecule has 120 valence electrons. The highest BCUT2D eigenvalue weighted by atomic mass is 16.5. The summed E-state index contributed by atoms with van der Waals surface area (Å²) in [5, 5.41) is 9.22. The number of rotatable bonds is 5. The lowest BCUT2D eigenvalue weighted by Gasteiger charge is -2.29. The van der Waals surface area contributed by atoms with Crippen LogP contribution in [0.2, 0.25) is 0 Å². The summed E-state index contributed by atoms with van der Waals surface area (Å²) in [6, 6.07) is 12.5. The first kappa shape index (κ1) is 15.7. The Balaban J connectivity index is 1.82. The van der Waals surface area contributed by atoms with Gasteiger partial charge in [-0.2, -0.15) is 5.26 Å². The summed E-state index contributed by atoms with van der Waals surface area (Å²) >= 11 is 0. The van der Waals surface area contributed by atoms with Crippen molar-refractivity contribution in [3.8, 4) is 17.5 Å². The number of nitriles is 1. The lowest BCUT2D eigenvalue weighted by molar-refractivity contribution is 0.0349. The fourth-order valence-corrected chi connectivity index (χ4v) is 3.13. The van der Waals surface area contributed by atoms with Gasteiger partial charge in [-0.1, -0.05) is 30.3 Å². The summed E-state index contributed by atoms with van der Waals surface area (Å²) in [6.07, 6.45) is 2.43. The molecular weight excluding hydrogens is 288 g/mol. The van der Waals surface area contributed by atoms with Crippen molar-refractivity contribution in [1.82, 2.24) is 14.5 Å². The van der Waals surface area contributed by atoms with E-state index < -0.39 is 0 Å². The van der Waals surface area contributed by atoms with E-state index in [1.165, 1.54) is 0 Å². The molecule has 1 fully saturated rings. The number of hydrogen-bond donors (Lipinski definition) is 0. The molecule has 1 aromatic heterocycles. The van der Waals surface area contributed by atoms with Crippen molar-refractivity contribution in [1.29, 1.82) is 5.26 Å². The molecule has 1 saturated heterocycles. The van der Waals surface area contributed by atoms with Gasteiger partial charge in [-0.15, -0.1) is 0 Å². The molecule has 0 aliphatic carbocycles. The van der Waals surface area contributed by atoms with Crippen LogP contribution >= 0.6 is 0 Å². The molecule has 2 heterocycles. The third kappa shape index (κ3) is 3.61. The van der Waals surface area contributed by atoms with Crippen molar-refractivity contribution in [3.63, 3.8) is 0 Å². The largest absolute Gasteiger partial charge is 0.379 e. The van der Waals surface area contributed by atoms with Gasteiger partial charge in [-0.3, -0.25) is 4.90 Å². The average Bonchev–Trinajstić information content (AvgIpc) is 2.98. The third-order valence-corrected chi connectivity index (χ3v) is 4.39. The van der Waals surface area contributed by atoms with E-state index in [1.54, 1.807) is 0 Å². The zero-order valence-corrected chi connectivity index (χ0v) is 13.5. The van der Waals surface area contributed by atoms with Crippen LogP contribution in [-0.4, -0.2) is 47.3 Å². The van der Waals surface area contributed by atoms with Crippen LogP contribution in [0, 0.1) is 11.3 Å². The van der Waals surface area contributed by atoms with E-state index in [2.05, 4.69) is 32.7 Å². The van der Waals surface area contributed by atoms with Crippen molar-refractivity contribution in [2.24, 2.45) is 7.05 Å². The quantitative estimate of drug-likeness (QED) is 0.851. The maximum Gasteiger partial charge on any atom is 0.139 e. The molecule has 1 unspecified atom stereocenters. The first-order valence-corrected chi connectivity index (χ1v) is 8.03. The van der Waals surface area contributed by atoms with Crippen LogP contribution in [-0.2, 0) is 11.8 Å². The van der Waals surface area contributed by atoms with Gasteiger partial charge in [0.25, 0.3) is 0 Å². The number of hydrogen-bond acceptors (Lipinski definition) is 4. The molecule has 5 heteroatoms. The predicted molar refractivity (Wildman–Crippen MR) is 88.9 cm³/mol. The fraction of sp³-hybridized carbons (Fsp3) is 0.444. The van der Waals surface area contributed by atoms with Crippen molar-refractivity contribution in [2.45, 2.75) is 12.3 Å². The smallest absolute Gasteiger partial charge is 0.139 e. The Morgan fingerprint density at radius 3 is 2.70 bits per heavy atom. The van der Waals surface area contributed by atoms with E-state index in [0.717, 1.165) is 49.9 Å². The van der Waals surface area contributed by atoms with Gasteiger partial charge < -0.3 is 9.30 Å². The monoisotopic (exact) mass is 310 g/mol. The number of imidazole rings is 1. The van der Waals surface area contributed by atoms with E-state index >= 15 is 0 Å². The van der Waals surface area contributed by atoms with Crippen molar-refractivity contribution in [2.75, 3.05) is 32.8 Å². The van der Waals surface area contributed by atoms with Crippen LogP contribution in [0.3, 0.4) is 0 Å². The second kappa shape index (κ2) is 7.40. The number of nitrogens with zero attached hydrogens (tertiary/aromatic N) is 4. The molecule has 0 saturated carbocycles. The lowest BCUT2D eigenvalue weighted by Crippen LogP contribution is -2.39. The summed E-state index contributed by atoms with van der Waals surface area (Å²) in [5.74, 6) is 1.12. The Morgan fingerprint density at radius 1 is 1.26 bits per heavy atom. The van der Waals surface area contributed by atoms with Crippen LogP contribution in [0.15, 0.2) is 36.5 Å². The normalized spacial score (nSPS) is 16.9. The van der Waals surface area contributed by atoms with Crippen molar-refractivity contribution >= 4 is 0 Å². The summed E-state index contributed by atoms with van der Waals surface area (Å²) in [7, 11) is 2.04. The second-order valence-corrected chi connectivity index (χ2v) is 5.90. The van der Waals surface area contributed by atoms with E-state index in [0.29, 0.717) is 6.42 Å². The lowest BCUT2D eigenvalue weighted by atomic mass is 10.0. The molecule has 0 spiro atoms. The fourth-order valence-electron chi connectivity index (χ4n) is 3.13. The van der Waals surface area contributed by atoms with Gasteiger partial charge >= 0.3 is 0 Å². The summed E-state index contributed by atoms with van der Waals surface area (Å²) in [5.41, 5.74) is 2.22. The molecule has 1 aliphatic rings. The molecule has 3 rings (SSSR count). The predicted octanol–water partition coefficient (Wildman–Crippen LogP) is 2.42. The minimum atomic E-state index is 0.174. The summed E-state index contributed by atoms with van der Waals surface area (Å²) in [4.78, 5) is 6.97. The van der Waals surface area contributed by atoms with Gasteiger partial charge in [-0.05, 0) is 0 Å². The Labute approximate surface area is 137 Å². The standard InChI is InChI=1S/C18H22N4O/c1-21-17(13-20-18(21)15-5-3-2-4-6-15)16(7-8-19)14-22-9-11-23-12-10-22/h2-6,13,16H,7,9-12,14H2,1H3. The molecule has 1 aliphatic heterocycles. The van der Waals surface area contributed by atoms with E-state index in [1.807, 2.05) is 31.4 Å². The van der Waals surface area contributed by atoms with Crippen molar-refractivity contribution < 1.29 is 4.74 Å². The highest BCUT2D eigenvalue weighted by Crippen LogP contribution is 2.26. The first-order valence-electron chi connectivity index (χ1n) is 8.03. The number of ether oxygens (including phenoxy) is 1. The van der Waals surface area contributed by atoms with Crippen molar-refractivity contribution in [3.05, 3.63) is 42.2 Å². The highest BCUT2D eigenvalue weighted by Gasteiger charge is 2.22. The number of benzene rings is 1. The maximum atomic E-state index is 9.22. The summed E-state index contributed by atoms with van der Waals surface area (Å²) in [6.45, 7) is 4.31. The molecule has 1 aromatic carbocycles. The topological polar surface area (TPSA) is 54.1 Å². The Morgan fingerprint density at radius 2 is 2.00 bits per heavy atom. The van der Waals surface area contributed by atoms with Gasteiger partial charge in [0.05, 0.1) is 19.3 Å². The number of morpholine rings is 1. The van der Waals surface area contributed by atoms with Crippen LogP contribution in [0.1, 0.15) is 18.0 Å². The first-order chi connectivity index (χ1) is 11.3. The molecule has 2 aromatic rings. The Kier molecular flexibility index (Phi) is 5.06. The minimum Gasteiger partial charge on any atom is -0.379 e. The van der Waals surface area contributed by atoms with Gasteiger partial charge in [-0.25, -0.2) is 4.98 Å². The Bertz CT molecular complexity index is 668. The molecule has 1 atom stereocenters. The van der Waals surface area contributed by atoms with Crippen LogP contribution in [0.25, 0.3) is 11.4 Å². The third-order valence-electron chi connectivity index (χ3n) is 4.39. The zero-order chi connectivity index (χ0) is 16.1. The minimum absolute atomic E-state index is 0.174. The average molecular weight is 310 g/mol. The number of aromatic nitrogens is 2. The zero-order valence-electron chi connectivity index (χ0n) is 13.5. The molecule has 5 nitrogen and oxygen atoms in total. The molecule has 0 bridgehead atoms. The van der Waals surface area contributed by atoms with Crippen LogP contribution < -0.4 is 0 Å². The van der Waals surface area contributed by atoms with E-state index in [-0.39, 0.29) is 5.92 Å². The molecule has 0 radical (unpaired) electrons. The Hall–Kier alpha value is -2.16. The molecule has 23 heavy (non-hydrogen) atoms. The summed E-state index contributed by atoms with van der Waals surface area (Å²) < 4.78 is 7.53. The highest BCUT2D eigenvalue weighted by molar-refractivity contribution is 5.55. The van der Waals surface area contributed by atoms with Crippen LogP contribution in [0.4, 0.5) is 0 Å². The van der Waals surface area contributed by atoms with E-state index in [4.69, 9.17) is 4.74 Å².